The molecule has 0 aromatic carbocycles. The van der Waals surface area contributed by atoms with Gasteiger partial charge in [-0.25, -0.2) is 8.78 Å². The van der Waals surface area contributed by atoms with Crippen molar-refractivity contribution in [2.45, 2.75) is 38.7 Å². The summed E-state index contributed by atoms with van der Waals surface area (Å²) in [6.07, 6.45) is -3.14. The Morgan fingerprint density at radius 3 is 2.40 bits per heavy atom. The summed E-state index contributed by atoms with van der Waals surface area (Å²) in [5.41, 5.74) is 0. The van der Waals surface area contributed by atoms with Crippen molar-refractivity contribution in [1.29, 1.82) is 0 Å². The number of nitrogens with one attached hydrogen (secondary N) is 1. The maximum Gasteiger partial charge on any atom is 0.330 e. The van der Waals surface area contributed by atoms with Crippen LogP contribution in [0.3, 0.4) is 0 Å². The second kappa shape index (κ2) is 7.00. The second-order valence-electron chi connectivity index (χ2n) is 3.36. The predicted molar refractivity (Wildman–Crippen MR) is 49.5 cm³/mol. The van der Waals surface area contributed by atoms with Crippen molar-refractivity contribution < 1.29 is 22.3 Å². The van der Waals surface area contributed by atoms with Crippen molar-refractivity contribution in [1.82, 2.24) is 5.32 Å². The summed E-state index contributed by atoms with van der Waals surface area (Å²) in [5.74, 6) is -4.04. The molecule has 0 rings (SSSR count). The van der Waals surface area contributed by atoms with Gasteiger partial charge in [-0.2, -0.15) is 8.78 Å². The summed E-state index contributed by atoms with van der Waals surface area (Å²) in [6, 6.07) is 0.134. The van der Waals surface area contributed by atoms with Gasteiger partial charge in [0.25, 0.3) is 0 Å². The van der Waals surface area contributed by atoms with Crippen molar-refractivity contribution in [3.63, 3.8) is 0 Å². The van der Waals surface area contributed by atoms with E-state index >= 15 is 0 Å². The van der Waals surface area contributed by atoms with Crippen LogP contribution in [0, 0.1) is 0 Å². The Labute approximate surface area is 87.0 Å². The van der Waals surface area contributed by atoms with E-state index in [4.69, 9.17) is 0 Å². The zero-order valence-electron chi connectivity index (χ0n) is 8.90. The summed E-state index contributed by atoms with van der Waals surface area (Å²) in [5, 5.41) is 3.05. The Morgan fingerprint density at radius 1 is 1.33 bits per heavy atom. The third-order valence-corrected chi connectivity index (χ3v) is 1.86. The van der Waals surface area contributed by atoms with Crippen LogP contribution in [0.15, 0.2) is 0 Å². The predicted octanol–water partition coefficient (Wildman–Crippen LogP) is 2.29. The highest BCUT2D eigenvalue weighted by Gasteiger charge is 2.40. The normalized spacial score (nSPS) is 14.6. The van der Waals surface area contributed by atoms with Crippen molar-refractivity contribution in [3.05, 3.63) is 0 Å². The number of alkyl halides is 4. The van der Waals surface area contributed by atoms with Gasteiger partial charge >= 0.3 is 12.3 Å². The molecule has 1 N–H and O–H groups in total. The average Bonchev–Trinajstić information content (AvgIpc) is 2.13. The topological polar surface area (TPSA) is 21.3 Å². The lowest BCUT2D eigenvalue weighted by Gasteiger charge is -2.16. The lowest BCUT2D eigenvalue weighted by atomic mass is 10.2. The molecular weight excluding hydrogens is 214 g/mol. The number of hydrogen-bond donors (Lipinski definition) is 1. The second-order valence-corrected chi connectivity index (χ2v) is 3.36. The minimum absolute atomic E-state index is 0.0521. The largest absolute Gasteiger partial charge is 0.375 e. The lowest BCUT2D eigenvalue weighted by Crippen LogP contribution is -2.33. The zero-order valence-corrected chi connectivity index (χ0v) is 8.90. The van der Waals surface area contributed by atoms with E-state index in [9.17, 15) is 17.6 Å². The molecule has 0 aliphatic carbocycles. The molecule has 0 heterocycles. The molecule has 15 heavy (non-hydrogen) atoms. The van der Waals surface area contributed by atoms with Crippen molar-refractivity contribution in [2.24, 2.45) is 0 Å². The molecule has 0 spiro atoms. The van der Waals surface area contributed by atoms with E-state index in [1.165, 1.54) is 0 Å². The van der Waals surface area contributed by atoms with Crippen LogP contribution in [-0.2, 0) is 4.74 Å². The maximum atomic E-state index is 12.3. The van der Waals surface area contributed by atoms with Gasteiger partial charge in [0.2, 0.25) is 0 Å². The molecule has 92 valence electrons. The molecule has 0 saturated carbocycles. The quantitative estimate of drug-likeness (QED) is 0.511. The van der Waals surface area contributed by atoms with E-state index in [0.29, 0.717) is 6.42 Å². The lowest BCUT2D eigenvalue weighted by molar-refractivity contribution is -0.166. The highest BCUT2D eigenvalue weighted by atomic mass is 19.3. The highest BCUT2D eigenvalue weighted by Crippen LogP contribution is 2.22. The fraction of sp³-hybridized carbons (Fsp3) is 1.00. The first-order valence-electron chi connectivity index (χ1n) is 4.87. The smallest absolute Gasteiger partial charge is 0.330 e. The van der Waals surface area contributed by atoms with Crippen molar-refractivity contribution in [2.75, 3.05) is 19.8 Å². The molecule has 0 fully saturated rings. The summed E-state index contributed by atoms with van der Waals surface area (Å²) in [7, 11) is 0. The fourth-order valence-corrected chi connectivity index (χ4v) is 0.982. The Bertz CT molecular complexity index is 166. The van der Waals surface area contributed by atoms with Crippen LogP contribution in [0.25, 0.3) is 0 Å². The number of hydrogen-bond acceptors (Lipinski definition) is 2. The minimum Gasteiger partial charge on any atom is -0.375 e. The zero-order chi connectivity index (χ0) is 11.9. The fourth-order valence-electron chi connectivity index (χ4n) is 0.982. The van der Waals surface area contributed by atoms with Crippen LogP contribution in [0.2, 0.25) is 0 Å². The standard InChI is InChI=1S/C9H17F4NO/c1-3-14-7(2)4-5-15-6-9(12,13)8(10)11/h7-8,14H,3-6H2,1-2H3. The Kier molecular flexibility index (Phi) is 6.84. The van der Waals surface area contributed by atoms with Gasteiger partial charge in [-0.1, -0.05) is 6.92 Å². The summed E-state index contributed by atoms with van der Waals surface area (Å²) >= 11 is 0. The van der Waals surface area contributed by atoms with Crippen LogP contribution >= 0.6 is 0 Å². The first-order chi connectivity index (χ1) is 6.90. The molecule has 0 aliphatic rings. The monoisotopic (exact) mass is 231 g/mol. The summed E-state index contributed by atoms with van der Waals surface area (Å²) < 4.78 is 52.5. The van der Waals surface area contributed by atoms with Crippen molar-refractivity contribution >= 4 is 0 Å². The van der Waals surface area contributed by atoms with E-state index < -0.39 is 19.0 Å². The molecule has 0 bridgehead atoms. The molecule has 0 aliphatic heterocycles. The van der Waals surface area contributed by atoms with Crippen LogP contribution < -0.4 is 5.32 Å². The summed E-state index contributed by atoms with van der Waals surface area (Å²) in [6.45, 7) is 3.40. The molecule has 0 amide bonds. The highest BCUT2D eigenvalue weighted by molar-refractivity contribution is 4.68. The average molecular weight is 231 g/mol. The van der Waals surface area contributed by atoms with Crippen LogP contribution in [-0.4, -0.2) is 38.1 Å². The third kappa shape index (κ3) is 6.67. The van der Waals surface area contributed by atoms with Gasteiger partial charge in [-0.3, -0.25) is 0 Å². The minimum atomic E-state index is -4.04. The number of rotatable bonds is 8. The molecular formula is C9H17F4NO. The number of halogens is 4. The molecule has 1 unspecified atom stereocenters. The Hall–Kier alpha value is -0.360. The van der Waals surface area contributed by atoms with Gasteiger partial charge in [-0.05, 0) is 19.9 Å². The molecule has 6 heteroatoms. The van der Waals surface area contributed by atoms with Gasteiger partial charge < -0.3 is 10.1 Å². The maximum absolute atomic E-state index is 12.3. The Balaban J connectivity index is 3.54. The van der Waals surface area contributed by atoms with E-state index in [0.717, 1.165) is 6.54 Å². The molecule has 2 nitrogen and oxygen atoms in total. The van der Waals surface area contributed by atoms with Crippen molar-refractivity contribution in [3.8, 4) is 0 Å². The SMILES string of the molecule is CCNC(C)CCOCC(F)(F)C(F)F. The van der Waals surface area contributed by atoms with E-state index in [-0.39, 0.29) is 12.6 Å². The number of ether oxygens (including phenoxy) is 1. The molecule has 0 saturated heterocycles. The molecule has 0 aromatic rings. The molecule has 0 aromatic heterocycles. The van der Waals surface area contributed by atoms with Crippen LogP contribution in [0.1, 0.15) is 20.3 Å². The van der Waals surface area contributed by atoms with Gasteiger partial charge in [0.15, 0.2) is 0 Å². The molecule has 0 radical (unpaired) electrons. The van der Waals surface area contributed by atoms with E-state index in [2.05, 4.69) is 10.1 Å². The first kappa shape index (κ1) is 14.6. The third-order valence-electron chi connectivity index (χ3n) is 1.86. The molecule has 1 atom stereocenters. The Morgan fingerprint density at radius 2 is 1.93 bits per heavy atom. The van der Waals surface area contributed by atoms with Crippen LogP contribution in [0.4, 0.5) is 17.6 Å². The van der Waals surface area contributed by atoms with E-state index in [1.54, 1.807) is 0 Å². The van der Waals surface area contributed by atoms with Gasteiger partial charge in [0.05, 0.1) is 0 Å². The van der Waals surface area contributed by atoms with Gasteiger partial charge in [0.1, 0.15) is 6.61 Å². The van der Waals surface area contributed by atoms with Gasteiger partial charge in [0, 0.05) is 12.6 Å². The van der Waals surface area contributed by atoms with Gasteiger partial charge in [-0.15, -0.1) is 0 Å². The first-order valence-corrected chi connectivity index (χ1v) is 4.87. The van der Waals surface area contributed by atoms with E-state index in [1.807, 2.05) is 13.8 Å². The van der Waals surface area contributed by atoms with Crippen LogP contribution in [0.5, 0.6) is 0 Å². The summed E-state index contributed by atoms with van der Waals surface area (Å²) in [4.78, 5) is 0.